The van der Waals surface area contributed by atoms with E-state index >= 15 is 0 Å². The lowest BCUT2D eigenvalue weighted by Crippen LogP contribution is -2.31. The molecule has 1 aromatic heterocycles. The van der Waals surface area contributed by atoms with Crippen molar-refractivity contribution < 1.29 is 9.90 Å². The van der Waals surface area contributed by atoms with Crippen molar-refractivity contribution in [3.05, 3.63) is 35.5 Å². The van der Waals surface area contributed by atoms with Gasteiger partial charge in [0.2, 0.25) is 5.69 Å². The number of aryl methyl sites for hydroxylation is 1. The van der Waals surface area contributed by atoms with E-state index in [9.17, 15) is 9.90 Å². The largest absolute Gasteiger partial charge is 0.476 e. The topological polar surface area (TPSA) is 71.2 Å². The predicted molar refractivity (Wildman–Crippen MR) is 83.8 cm³/mol. The van der Waals surface area contributed by atoms with Crippen LogP contribution in [0.3, 0.4) is 0 Å². The van der Waals surface area contributed by atoms with Gasteiger partial charge in [-0.3, -0.25) is 0 Å². The van der Waals surface area contributed by atoms with Gasteiger partial charge in [-0.1, -0.05) is 19.1 Å². The molecule has 0 radical (unpaired) electrons. The highest BCUT2D eigenvalue weighted by Crippen LogP contribution is 2.22. The van der Waals surface area contributed by atoms with E-state index in [4.69, 9.17) is 0 Å². The molecule has 0 bridgehead atoms. The van der Waals surface area contributed by atoms with E-state index in [2.05, 4.69) is 17.1 Å². The number of benzene rings is 1. The fraction of sp³-hybridized carbons (Fsp3) is 0.438. The normalized spacial score (nSPS) is 15.0. The lowest BCUT2D eigenvalue weighted by atomic mass is 10.1. The Labute approximate surface area is 129 Å². The summed E-state index contributed by atoms with van der Waals surface area (Å²) >= 11 is 0. The highest BCUT2D eigenvalue weighted by atomic mass is 16.4. The van der Waals surface area contributed by atoms with Crippen LogP contribution >= 0.6 is 0 Å². The van der Waals surface area contributed by atoms with Gasteiger partial charge in [0.15, 0.2) is 5.82 Å². The number of anilines is 1. The summed E-state index contributed by atoms with van der Waals surface area (Å²) in [4.78, 5) is 14.9. The average molecular weight is 300 g/mol. The fourth-order valence-corrected chi connectivity index (χ4v) is 2.74. The van der Waals surface area contributed by atoms with Crippen LogP contribution in [-0.2, 0) is 6.42 Å². The molecule has 0 atom stereocenters. The number of carboxylic acids is 1. The van der Waals surface area contributed by atoms with Gasteiger partial charge in [-0.15, -0.1) is 15.0 Å². The molecule has 0 spiro atoms. The number of carboxylic acid groups (broad SMARTS) is 1. The lowest BCUT2D eigenvalue weighted by molar-refractivity contribution is 0.0690. The summed E-state index contributed by atoms with van der Waals surface area (Å²) in [5, 5.41) is 18.0. The number of hydrogen-bond acceptors (Lipinski definition) is 4. The summed E-state index contributed by atoms with van der Waals surface area (Å²) in [5.41, 5.74) is 2.04. The van der Waals surface area contributed by atoms with Gasteiger partial charge in [0.05, 0.1) is 5.69 Å². The Morgan fingerprint density at radius 2 is 1.82 bits per heavy atom. The van der Waals surface area contributed by atoms with Crippen molar-refractivity contribution in [2.45, 2.75) is 32.6 Å². The molecule has 0 saturated carbocycles. The van der Waals surface area contributed by atoms with Crippen LogP contribution in [0.4, 0.5) is 5.82 Å². The number of hydrogen-bond donors (Lipinski definition) is 1. The molecular formula is C16H20N4O2. The molecular weight excluding hydrogens is 280 g/mol. The number of piperidine rings is 1. The molecule has 1 N–H and O–H groups in total. The van der Waals surface area contributed by atoms with Crippen LogP contribution in [0.25, 0.3) is 5.69 Å². The van der Waals surface area contributed by atoms with Gasteiger partial charge in [-0.05, 0) is 43.4 Å². The van der Waals surface area contributed by atoms with Gasteiger partial charge in [-0.25, -0.2) is 4.79 Å². The summed E-state index contributed by atoms with van der Waals surface area (Å²) in [5.74, 6) is -0.552. The first-order valence-corrected chi connectivity index (χ1v) is 7.74. The van der Waals surface area contributed by atoms with Crippen molar-refractivity contribution in [3.63, 3.8) is 0 Å². The summed E-state index contributed by atoms with van der Waals surface area (Å²) in [6.45, 7) is 3.78. The highest BCUT2D eigenvalue weighted by molar-refractivity contribution is 5.91. The Morgan fingerprint density at radius 3 is 2.41 bits per heavy atom. The minimum Gasteiger partial charge on any atom is -0.476 e. The maximum absolute atomic E-state index is 11.5. The zero-order chi connectivity index (χ0) is 15.5. The Hall–Kier alpha value is -2.37. The van der Waals surface area contributed by atoms with Gasteiger partial charge in [-0.2, -0.15) is 0 Å². The molecule has 0 aliphatic carbocycles. The first-order valence-electron chi connectivity index (χ1n) is 7.74. The second-order valence-corrected chi connectivity index (χ2v) is 5.53. The Balaban J connectivity index is 1.96. The van der Waals surface area contributed by atoms with E-state index in [1.54, 1.807) is 0 Å². The summed E-state index contributed by atoms with van der Waals surface area (Å²) in [6, 6.07) is 7.87. The third kappa shape index (κ3) is 2.81. The van der Waals surface area contributed by atoms with E-state index < -0.39 is 5.97 Å². The fourth-order valence-electron chi connectivity index (χ4n) is 2.74. The van der Waals surface area contributed by atoms with E-state index in [1.165, 1.54) is 16.8 Å². The summed E-state index contributed by atoms with van der Waals surface area (Å²) in [6.07, 6.45) is 4.28. The second-order valence-electron chi connectivity index (χ2n) is 5.53. The first kappa shape index (κ1) is 14.6. The smallest absolute Gasteiger partial charge is 0.360 e. The lowest BCUT2D eigenvalue weighted by Gasteiger charge is -2.26. The maximum Gasteiger partial charge on any atom is 0.360 e. The van der Waals surface area contributed by atoms with Crippen LogP contribution in [0.1, 0.15) is 42.2 Å². The van der Waals surface area contributed by atoms with Crippen molar-refractivity contribution in [2.24, 2.45) is 0 Å². The number of rotatable bonds is 4. The summed E-state index contributed by atoms with van der Waals surface area (Å²) < 4.78 is 0. The zero-order valence-corrected chi connectivity index (χ0v) is 12.7. The van der Waals surface area contributed by atoms with Crippen molar-refractivity contribution in [1.82, 2.24) is 15.0 Å². The minimum atomic E-state index is -1.03. The average Bonchev–Trinajstić information content (AvgIpc) is 3.01. The third-order valence-electron chi connectivity index (χ3n) is 4.03. The summed E-state index contributed by atoms with van der Waals surface area (Å²) in [7, 11) is 0. The molecule has 1 saturated heterocycles. The minimum absolute atomic E-state index is 0.0291. The molecule has 0 unspecified atom stereocenters. The molecule has 6 heteroatoms. The molecule has 3 rings (SSSR count). The molecule has 1 aromatic carbocycles. The van der Waals surface area contributed by atoms with Crippen LogP contribution in [0.15, 0.2) is 24.3 Å². The highest BCUT2D eigenvalue weighted by Gasteiger charge is 2.24. The van der Waals surface area contributed by atoms with E-state index in [0.29, 0.717) is 5.82 Å². The molecule has 1 fully saturated rings. The molecule has 116 valence electrons. The molecule has 1 aliphatic heterocycles. The maximum atomic E-state index is 11.5. The Morgan fingerprint density at radius 1 is 1.14 bits per heavy atom. The monoisotopic (exact) mass is 300 g/mol. The number of aromatic nitrogens is 3. The van der Waals surface area contributed by atoms with E-state index in [1.807, 2.05) is 29.2 Å². The number of carbonyl (C=O) groups is 1. The van der Waals surface area contributed by atoms with Crippen molar-refractivity contribution in [1.29, 1.82) is 0 Å². The molecule has 6 nitrogen and oxygen atoms in total. The van der Waals surface area contributed by atoms with Crippen molar-refractivity contribution in [2.75, 3.05) is 18.0 Å². The molecule has 2 heterocycles. The third-order valence-corrected chi connectivity index (χ3v) is 4.03. The van der Waals surface area contributed by atoms with Gasteiger partial charge < -0.3 is 10.0 Å². The van der Waals surface area contributed by atoms with Gasteiger partial charge >= 0.3 is 5.97 Å². The van der Waals surface area contributed by atoms with E-state index in [-0.39, 0.29) is 5.69 Å². The Bertz CT molecular complexity index is 657. The number of nitrogens with zero attached hydrogens (tertiary/aromatic N) is 4. The zero-order valence-electron chi connectivity index (χ0n) is 12.7. The molecule has 0 amide bonds. The van der Waals surface area contributed by atoms with Crippen LogP contribution in [0.2, 0.25) is 0 Å². The second kappa shape index (κ2) is 6.17. The van der Waals surface area contributed by atoms with Crippen LogP contribution in [-0.4, -0.2) is 39.2 Å². The molecule has 1 aliphatic rings. The quantitative estimate of drug-likeness (QED) is 0.939. The first-order chi connectivity index (χ1) is 10.7. The predicted octanol–water partition coefficient (Wildman–Crippen LogP) is 2.52. The van der Waals surface area contributed by atoms with Crippen LogP contribution < -0.4 is 4.90 Å². The van der Waals surface area contributed by atoms with E-state index in [0.717, 1.165) is 38.0 Å². The molecule has 22 heavy (non-hydrogen) atoms. The van der Waals surface area contributed by atoms with Crippen molar-refractivity contribution >= 4 is 11.8 Å². The standard InChI is InChI=1S/C16H20N4O2/c1-2-12-6-8-13(9-7-12)20-17-14(16(21)22)15(18-20)19-10-4-3-5-11-19/h6-9H,2-5,10-11H2,1H3,(H,21,22). The van der Waals surface area contributed by atoms with Crippen molar-refractivity contribution in [3.8, 4) is 5.69 Å². The SMILES string of the molecule is CCc1ccc(-n2nc(C(=O)O)c(N3CCCCC3)n2)cc1. The van der Waals surface area contributed by atoms with Crippen LogP contribution in [0, 0.1) is 0 Å². The molecule has 2 aromatic rings. The van der Waals surface area contributed by atoms with Crippen LogP contribution in [0.5, 0.6) is 0 Å². The van der Waals surface area contributed by atoms with Gasteiger partial charge in [0.1, 0.15) is 0 Å². The van der Waals surface area contributed by atoms with Gasteiger partial charge in [0, 0.05) is 13.1 Å². The Kier molecular flexibility index (Phi) is 4.09. The number of aromatic carboxylic acids is 1. The van der Waals surface area contributed by atoms with Gasteiger partial charge in [0.25, 0.3) is 0 Å².